The smallest absolute Gasteiger partial charge is 0.0433 e. The molecule has 118 valence electrons. The molecule has 0 aliphatic heterocycles. The van der Waals surface area contributed by atoms with E-state index in [1.165, 1.54) is 16.8 Å². The van der Waals surface area contributed by atoms with Crippen LogP contribution in [0.5, 0.6) is 0 Å². The van der Waals surface area contributed by atoms with Crippen molar-refractivity contribution < 1.29 is 0 Å². The number of nitrogens with zero attached hydrogens (tertiary/aromatic N) is 1. The Kier molecular flexibility index (Phi) is 5.32. The van der Waals surface area contributed by atoms with Crippen LogP contribution in [-0.2, 0) is 13.1 Å². The van der Waals surface area contributed by atoms with E-state index >= 15 is 0 Å². The Morgan fingerprint density at radius 3 is 1.83 bits per heavy atom. The standard InChI is InChI=1S/C23H21N/c1-2-10-20-15-9-16-23(17-20)24(18-21-11-5-3-6-12-21)19-22-13-7-4-8-14-22/h3-9,11-17H,18-19H2,1H3. The molecule has 0 unspecified atom stereocenters. The lowest BCUT2D eigenvalue weighted by molar-refractivity contribution is 0.800. The molecule has 0 saturated heterocycles. The van der Waals surface area contributed by atoms with Gasteiger partial charge in [0, 0.05) is 24.3 Å². The zero-order valence-corrected chi connectivity index (χ0v) is 13.9. The molecule has 3 aromatic rings. The van der Waals surface area contributed by atoms with Crippen LogP contribution in [0, 0.1) is 11.8 Å². The molecule has 1 nitrogen and oxygen atoms in total. The maximum Gasteiger partial charge on any atom is 0.0433 e. The molecule has 24 heavy (non-hydrogen) atoms. The Balaban J connectivity index is 1.91. The third kappa shape index (κ3) is 4.27. The van der Waals surface area contributed by atoms with Crippen LogP contribution in [0.15, 0.2) is 84.9 Å². The van der Waals surface area contributed by atoms with Crippen LogP contribution < -0.4 is 4.90 Å². The second-order valence-electron chi connectivity index (χ2n) is 5.75. The van der Waals surface area contributed by atoms with Crippen LogP contribution in [0.2, 0.25) is 0 Å². The van der Waals surface area contributed by atoms with Crippen molar-refractivity contribution in [3.05, 3.63) is 102 Å². The zero-order chi connectivity index (χ0) is 16.6. The fourth-order valence-electron chi connectivity index (χ4n) is 2.77. The first-order valence-corrected chi connectivity index (χ1v) is 8.21. The molecule has 0 N–H and O–H groups in total. The summed E-state index contributed by atoms with van der Waals surface area (Å²) in [6.07, 6.45) is 0. The largest absolute Gasteiger partial charge is 0.363 e. The fourth-order valence-corrected chi connectivity index (χ4v) is 2.77. The van der Waals surface area contributed by atoms with Crippen molar-refractivity contribution in [2.75, 3.05) is 4.90 Å². The van der Waals surface area contributed by atoms with Crippen LogP contribution in [0.1, 0.15) is 23.6 Å². The van der Waals surface area contributed by atoms with Gasteiger partial charge in [0.05, 0.1) is 0 Å². The van der Waals surface area contributed by atoms with E-state index in [2.05, 4.69) is 102 Å². The third-order valence-corrected chi connectivity index (χ3v) is 3.91. The van der Waals surface area contributed by atoms with Crippen molar-refractivity contribution in [2.45, 2.75) is 20.0 Å². The maximum absolute atomic E-state index is 3.15. The highest BCUT2D eigenvalue weighted by Crippen LogP contribution is 2.21. The van der Waals surface area contributed by atoms with Gasteiger partial charge in [-0.25, -0.2) is 0 Å². The first kappa shape index (κ1) is 15.9. The van der Waals surface area contributed by atoms with Crippen molar-refractivity contribution in [3.63, 3.8) is 0 Å². The van der Waals surface area contributed by atoms with Gasteiger partial charge in [0.25, 0.3) is 0 Å². The van der Waals surface area contributed by atoms with Gasteiger partial charge in [-0.05, 0) is 36.2 Å². The van der Waals surface area contributed by atoms with Gasteiger partial charge < -0.3 is 4.90 Å². The van der Waals surface area contributed by atoms with E-state index in [0.717, 1.165) is 18.7 Å². The van der Waals surface area contributed by atoms with Crippen LogP contribution in [-0.4, -0.2) is 0 Å². The van der Waals surface area contributed by atoms with E-state index in [1.54, 1.807) is 0 Å². The minimum atomic E-state index is 0.874. The molecule has 0 amide bonds. The summed E-state index contributed by atoms with van der Waals surface area (Å²) < 4.78 is 0. The summed E-state index contributed by atoms with van der Waals surface area (Å²) in [6.45, 7) is 3.62. The lowest BCUT2D eigenvalue weighted by Gasteiger charge is -2.25. The van der Waals surface area contributed by atoms with E-state index < -0.39 is 0 Å². The summed E-state index contributed by atoms with van der Waals surface area (Å²) >= 11 is 0. The number of hydrogen-bond acceptors (Lipinski definition) is 1. The van der Waals surface area contributed by atoms with E-state index in [4.69, 9.17) is 0 Å². The minimum Gasteiger partial charge on any atom is -0.363 e. The minimum absolute atomic E-state index is 0.874. The summed E-state index contributed by atoms with van der Waals surface area (Å²) in [6, 6.07) is 29.7. The summed E-state index contributed by atoms with van der Waals surface area (Å²) in [5.74, 6) is 6.13. The van der Waals surface area contributed by atoms with Crippen molar-refractivity contribution >= 4 is 5.69 Å². The van der Waals surface area contributed by atoms with Crippen molar-refractivity contribution in [1.82, 2.24) is 0 Å². The Bertz CT molecular complexity index is 784. The highest BCUT2D eigenvalue weighted by molar-refractivity contribution is 5.53. The van der Waals surface area contributed by atoms with Crippen molar-refractivity contribution in [3.8, 4) is 11.8 Å². The molecule has 1 heteroatoms. The SMILES string of the molecule is CC#Cc1cccc(N(Cc2ccccc2)Cc2ccccc2)c1. The predicted octanol–water partition coefficient (Wildman–Crippen LogP) is 5.26. The summed E-state index contributed by atoms with van der Waals surface area (Å²) in [5, 5.41) is 0. The van der Waals surface area contributed by atoms with Crippen LogP contribution in [0.4, 0.5) is 5.69 Å². The van der Waals surface area contributed by atoms with Gasteiger partial charge in [-0.3, -0.25) is 0 Å². The molecule has 0 aliphatic carbocycles. The molecule has 0 heterocycles. The molecule has 3 rings (SSSR count). The Hall–Kier alpha value is -2.98. The number of benzene rings is 3. The Morgan fingerprint density at radius 1 is 0.708 bits per heavy atom. The van der Waals surface area contributed by atoms with Crippen LogP contribution in [0.25, 0.3) is 0 Å². The van der Waals surface area contributed by atoms with Crippen LogP contribution >= 0.6 is 0 Å². The number of hydrogen-bond donors (Lipinski definition) is 0. The molecular formula is C23H21N. The average molecular weight is 311 g/mol. The second kappa shape index (κ2) is 8.04. The molecule has 0 spiro atoms. The molecule has 0 bridgehead atoms. The monoisotopic (exact) mass is 311 g/mol. The third-order valence-electron chi connectivity index (χ3n) is 3.91. The van der Waals surface area contributed by atoms with Crippen molar-refractivity contribution in [2.24, 2.45) is 0 Å². The molecule has 0 aromatic heterocycles. The summed E-state index contributed by atoms with van der Waals surface area (Å²) in [7, 11) is 0. The van der Waals surface area contributed by atoms with Gasteiger partial charge in [0.2, 0.25) is 0 Å². The van der Waals surface area contributed by atoms with Gasteiger partial charge in [-0.1, -0.05) is 72.7 Å². The summed E-state index contributed by atoms with van der Waals surface area (Å²) in [4.78, 5) is 2.39. The molecule has 0 saturated carbocycles. The van der Waals surface area contributed by atoms with E-state index in [0.29, 0.717) is 0 Å². The van der Waals surface area contributed by atoms with Gasteiger partial charge in [0.1, 0.15) is 0 Å². The predicted molar refractivity (Wildman–Crippen MR) is 102 cm³/mol. The first-order valence-electron chi connectivity index (χ1n) is 8.21. The summed E-state index contributed by atoms with van der Waals surface area (Å²) in [5.41, 5.74) is 4.87. The molecular weight excluding hydrogens is 290 g/mol. The molecule has 0 atom stereocenters. The lowest BCUT2D eigenvalue weighted by atomic mass is 10.1. The van der Waals surface area contributed by atoms with Crippen LogP contribution in [0.3, 0.4) is 0 Å². The second-order valence-corrected chi connectivity index (χ2v) is 5.75. The Morgan fingerprint density at radius 2 is 1.29 bits per heavy atom. The van der Waals surface area contributed by atoms with E-state index in [-0.39, 0.29) is 0 Å². The lowest BCUT2D eigenvalue weighted by Crippen LogP contribution is -2.22. The van der Waals surface area contributed by atoms with Gasteiger partial charge >= 0.3 is 0 Å². The van der Waals surface area contributed by atoms with E-state index in [1.807, 2.05) is 6.92 Å². The average Bonchev–Trinajstić information content (AvgIpc) is 2.63. The topological polar surface area (TPSA) is 3.24 Å². The normalized spacial score (nSPS) is 9.88. The quantitative estimate of drug-likeness (QED) is 0.581. The van der Waals surface area contributed by atoms with E-state index in [9.17, 15) is 0 Å². The molecule has 0 fully saturated rings. The maximum atomic E-state index is 3.15. The van der Waals surface area contributed by atoms with Gasteiger partial charge in [-0.15, -0.1) is 5.92 Å². The molecule has 3 aromatic carbocycles. The van der Waals surface area contributed by atoms with Gasteiger partial charge in [0.15, 0.2) is 0 Å². The zero-order valence-electron chi connectivity index (χ0n) is 13.9. The Labute approximate surface area is 144 Å². The highest BCUT2D eigenvalue weighted by atomic mass is 15.1. The first-order chi connectivity index (χ1) is 11.8. The fraction of sp³-hybridized carbons (Fsp3) is 0.130. The van der Waals surface area contributed by atoms with Gasteiger partial charge in [-0.2, -0.15) is 0 Å². The number of rotatable bonds is 5. The highest BCUT2D eigenvalue weighted by Gasteiger charge is 2.09. The van der Waals surface area contributed by atoms with Crippen molar-refractivity contribution in [1.29, 1.82) is 0 Å². The number of anilines is 1. The molecule has 0 aliphatic rings. The molecule has 0 radical (unpaired) electrons.